The molecule has 7 nitrogen and oxygen atoms in total. The third-order valence-electron chi connectivity index (χ3n) is 4.13. The van der Waals surface area contributed by atoms with E-state index in [-0.39, 0.29) is 30.2 Å². The molecule has 0 aromatic heterocycles. The Morgan fingerprint density at radius 1 is 1.29 bits per heavy atom. The second-order valence-electron chi connectivity index (χ2n) is 5.96. The number of likely N-dealkylation sites (tertiary alicyclic amines) is 1. The van der Waals surface area contributed by atoms with Crippen LogP contribution >= 0.6 is 0 Å². The highest BCUT2D eigenvalue weighted by Gasteiger charge is 2.31. The quantitative estimate of drug-likeness (QED) is 0.752. The lowest BCUT2D eigenvalue weighted by molar-refractivity contribution is -0.152. The maximum atomic E-state index is 12.2. The Bertz CT molecular complexity index is 644. The smallest absolute Gasteiger partial charge is 0.326 e. The maximum Gasteiger partial charge on any atom is 0.326 e. The van der Waals surface area contributed by atoms with Crippen molar-refractivity contribution in [1.82, 2.24) is 10.2 Å². The predicted molar refractivity (Wildman–Crippen MR) is 86.8 cm³/mol. The Morgan fingerprint density at radius 3 is 2.71 bits per heavy atom. The zero-order chi connectivity index (χ0) is 17.7. The zero-order valence-electron chi connectivity index (χ0n) is 13.6. The van der Waals surface area contributed by atoms with Crippen LogP contribution in [-0.4, -0.2) is 52.0 Å². The average Bonchev–Trinajstić information content (AvgIpc) is 2.54. The van der Waals surface area contributed by atoms with Gasteiger partial charge in [-0.05, 0) is 43.9 Å². The van der Waals surface area contributed by atoms with E-state index in [0.29, 0.717) is 13.0 Å². The number of amides is 2. The first-order valence-electron chi connectivity index (χ1n) is 8.00. The molecular formula is C17H22N2O5. The number of nitrogens with zero attached hydrogens (tertiary/aromatic N) is 1. The van der Waals surface area contributed by atoms with Gasteiger partial charge >= 0.3 is 5.97 Å². The summed E-state index contributed by atoms with van der Waals surface area (Å²) < 4.78 is 0. The van der Waals surface area contributed by atoms with E-state index in [2.05, 4.69) is 5.32 Å². The van der Waals surface area contributed by atoms with Gasteiger partial charge in [-0.25, -0.2) is 4.79 Å². The molecule has 0 saturated carbocycles. The third kappa shape index (κ3) is 4.24. The van der Waals surface area contributed by atoms with Gasteiger partial charge in [0, 0.05) is 19.5 Å². The number of piperidine rings is 1. The summed E-state index contributed by atoms with van der Waals surface area (Å²) in [6.07, 6.45) is 2.08. The summed E-state index contributed by atoms with van der Waals surface area (Å²) in [4.78, 5) is 36.8. The van der Waals surface area contributed by atoms with E-state index in [1.54, 1.807) is 13.0 Å². The number of carboxylic acids is 1. The fourth-order valence-electron chi connectivity index (χ4n) is 2.84. The van der Waals surface area contributed by atoms with Gasteiger partial charge in [0.25, 0.3) is 5.91 Å². The Balaban J connectivity index is 1.87. The molecule has 1 heterocycles. The number of hydrogen-bond acceptors (Lipinski definition) is 4. The van der Waals surface area contributed by atoms with E-state index >= 15 is 0 Å². The van der Waals surface area contributed by atoms with Crippen molar-refractivity contribution in [3.63, 3.8) is 0 Å². The third-order valence-corrected chi connectivity index (χ3v) is 4.13. The first-order chi connectivity index (χ1) is 11.4. The minimum atomic E-state index is -0.989. The number of phenols is 1. The van der Waals surface area contributed by atoms with Crippen molar-refractivity contribution >= 4 is 17.8 Å². The first kappa shape index (κ1) is 17.8. The molecule has 1 aliphatic rings. The molecule has 24 heavy (non-hydrogen) atoms. The number of rotatable bonds is 5. The van der Waals surface area contributed by atoms with Crippen LogP contribution in [-0.2, 0) is 9.59 Å². The van der Waals surface area contributed by atoms with Crippen molar-refractivity contribution in [3.05, 3.63) is 29.3 Å². The molecule has 1 fully saturated rings. The molecule has 1 aromatic rings. The molecule has 0 spiro atoms. The van der Waals surface area contributed by atoms with Gasteiger partial charge in [0.1, 0.15) is 11.8 Å². The monoisotopic (exact) mass is 334 g/mol. The molecule has 2 amide bonds. The lowest BCUT2D eigenvalue weighted by Gasteiger charge is -2.33. The number of hydrogen-bond donors (Lipinski definition) is 3. The number of phenolic OH excluding ortho intramolecular Hbond substituents is 1. The normalized spacial score (nSPS) is 17.4. The summed E-state index contributed by atoms with van der Waals surface area (Å²) in [5, 5.41) is 21.5. The van der Waals surface area contributed by atoms with Gasteiger partial charge in [-0.1, -0.05) is 6.07 Å². The van der Waals surface area contributed by atoms with Crippen LogP contribution in [0.3, 0.4) is 0 Å². The minimum absolute atomic E-state index is 0.0299. The highest BCUT2D eigenvalue weighted by Crippen LogP contribution is 2.19. The first-order valence-corrected chi connectivity index (χ1v) is 8.00. The summed E-state index contributed by atoms with van der Waals surface area (Å²) in [5.41, 5.74) is 0.985. The Labute approximate surface area is 140 Å². The number of carbonyl (C=O) groups is 3. The van der Waals surface area contributed by atoms with Gasteiger partial charge in [-0.2, -0.15) is 0 Å². The van der Waals surface area contributed by atoms with Crippen molar-refractivity contribution in [3.8, 4) is 5.75 Å². The lowest BCUT2D eigenvalue weighted by atomic mass is 10.0. The summed E-state index contributed by atoms with van der Waals surface area (Å²) in [6, 6.07) is 3.95. The van der Waals surface area contributed by atoms with Crippen LogP contribution in [0.1, 0.15) is 41.6 Å². The minimum Gasteiger partial charge on any atom is -0.507 e. The van der Waals surface area contributed by atoms with Crippen molar-refractivity contribution in [2.75, 3.05) is 13.1 Å². The standard InChI is InChI=1S/C17H22N2O5/c1-11-5-6-12(14(20)10-11)16(22)18-8-7-15(21)19-9-3-2-4-13(19)17(23)24/h5-6,10,13,20H,2-4,7-9H2,1H3,(H,18,22)(H,23,24). The number of carboxylic acid groups (broad SMARTS) is 1. The topological polar surface area (TPSA) is 107 Å². The van der Waals surface area contributed by atoms with Crippen LogP contribution in [0.15, 0.2) is 18.2 Å². The molecule has 130 valence electrons. The van der Waals surface area contributed by atoms with E-state index in [1.807, 2.05) is 0 Å². The molecule has 0 aliphatic carbocycles. The molecule has 7 heteroatoms. The molecular weight excluding hydrogens is 312 g/mol. The van der Waals surface area contributed by atoms with Gasteiger partial charge in [0.15, 0.2) is 0 Å². The molecule has 0 bridgehead atoms. The van der Waals surface area contributed by atoms with Gasteiger partial charge in [0.2, 0.25) is 5.91 Å². The van der Waals surface area contributed by atoms with Crippen molar-refractivity contribution in [2.24, 2.45) is 0 Å². The van der Waals surface area contributed by atoms with Crippen LogP contribution in [0.2, 0.25) is 0 Å². The van der Waals surface area contributed by atoms with E-state index in [0.717, 1.165) is 18.4 Å². The highest BCUT2D eigenvalue weighted by atomic mass is 16.4. The number of aliphatic carboxylic acids is 1. The van der Waals surface area contributed by atoms with E-state index in [1.165, 1.54) is 17.0 Å². The molecule has 3 N–H and O–H groups in total. The van der Waals surface area contributed by atoms with E-state index in [9.17, 15) is 24.6 Å². The summed E-state index contributed by atoms with van der Waals surface area (Å²) in [5.74, 6) is -1.85. The second kappa shape index (κ2) is 7.81. The Morgan fingerprint density at radius 2 is 2.04 bits per heavy atom. The number of aromatic hydroxyl groups is 1. The predicted octanol–water partition coefficient (Wildman–Crippen LogP) is 1.29. The van der Waals surface area contributed by atoms with Crippen LogP contribution in [0.4, 0.5) is 0 Å². The largest absolute Gasteiger partial charge is 0.507 e. The summed E-state index contributed by atoms with van der Waals surface area (Å²) in [6.45, 7) is 2.33. The zero-order valence-corrected chi connectivity index (χ0v) is 13.6. The lowest BCUT2D eigenvalue weighted by Crippen LogP contribution is -2.48. The van der Waals surface area contributed by atoms with E-state index in [4.69, 9.17) is 0 Å². The molecule has 1 unspecified atom stereocenters. The van der Waals surface area contributed by atoms with Gasteiger partial charge < -0.3 is 20.4 Å². The number of benzene rings is 1. The second-order valence-corrected chi connectivity index (χ2v) is 5.96. The van der Waals surface area contributed by atoms with E-state index < -0.39 is 17.9 Å². The summed E-state index contributed by atoms with van der Waals surface area (Å²) in [7, 11) is 0. The number of nitrogens with one attached hydrogen (secondary N) is 1. The molecule has 1 aliphatic heterocycles. The van der Waals surface area contributed by atoms with Gasteiger partial charge in [0.05, 0.1) is 5.56 Å². The Kier molecular flexibility index (Phi) is 5.78. The fraction of sp³-hybridized carbons (Fsp3) is 0.471. The Hall–Kier alpha value is -2.57. The fourth-order valence-corrected chi connectivity index (χ4v) is 2.84. The molecule has 0 radical (unpaired) electrons. The van der Waals surface area contributed by atoms with Gasteiger partial charge in [-0.3, -0.25) is 9.59 Å². The van der Waals surface area contributed by atoms with Gasteiger partial charge in [-0.15, -0.1) is 0 Å². The average molecular weight is 334 g/mol. The molecule has 2 rings (SSSR count). The number of carbonyl (C=O) groups excluding carboxylic acids is 2. The van der Waals surface area contributed by atoms with Crippen molar-refractivity contribution < 1.29 is 24.6 Å². The number of aryl methyl sites for hydroxylation is 1. The summed E-state index contributed by atoms with van der Waals surface area (Å²) >= 11 is 0. The highest BCUT2D eigenvalue weighted by molar-refractivity contribution is 5.97. The maximum absolute atomic E-state index is 12.2. The van der Waals surface area contributed by atoms with Crippen LogP contribution in [0.25, 0.3) is 0 Å². The van der Waals surface area contributed by atoms with Crippen LogP contribution in [0.5, 0.6) is 5.75 Å². The SMILES string of the molecule is Cc1ccc(C(=O)NCCC(=O)N2CCCCC2C(=O)O)c(O)c1. The molecule has 1 saturated heterocycles. The van der Waals surface area contributed by atoms with Crippen LogP contribution in [0, 0.1) is 6.92 Å². The molecule has 1 atom stereocenters. The van der Waals surface area contributed by atoms with Crippen LogP contribution < -0.4 is 5.32 Å². The van der Waals surface area contributed by atoms with Crippen molar-refractivity contribution in [1.29, 1.82) is 0 Å². The molecule has 1 aromatic carbocycles. The van der Waals surface area contributed by atoms with Crippen molar-refractivity contribution in [2.45, 2.75) is 38.6 Å².